The number of aromatic nitrogens is 2. The molecule has 4 fully saturated rings. The van der Waals surface area contributed by atoms with Gasteiger partial charge in [0.15, 0.2) is 0 Å². The number of nitro benzene ring substituents is 1. The lowest BCUT2D eigenvalue weighted by atomic mass is 9.59. The number of H-pyrrole nitrogens is 1. The minimum absolute atomic E-state index is 0.0205. The van der Waals surface area contributed by atoms with Gasteiger partial charge in [-0.25, -0.2) is 18.1 Å². The molecule has 1 spiro atoms. The third kappa shape index (κ3) is 11.0. The van der Waals surface area contributed by atoms with Gasteiger partial charge in [-0.05, 0) is 165 Å². The van der Waals surface area contributed by atoms with E-state index in [-0.39, 0.29) is 28.3 Å². The summed E-state index contributed by atoms with van der Waals surface area (Å²) in [7, 11) is -4.59. The lowest BCUT2D eigenvalue weighted by Crippen LogP contribution is -2.60. The summed E-state index contributed by atoms with van der Waals surface area (Å²) in [4.78, 5) is 40.8. The Labute approximate surface area is 446 Å². The normalized spacial score (nSPS) is 22.3. The summed E-state index contributed by atoms with van der Waals surface area (Å²) in [5.41, 5.74) is 8.36. The van der Waals surface area contributed by atoms with E-state index in [0.29, 0.717) is 48.8 Å². The van der Waals surface area contributed by atoms with Gasteiger partial charge < -0.3 is 25.0 Å². The van der Waals surface area contributed by atoms with Crippen molar-refractivity contribution < 1.29 is 28.0 Å². The molecule has 4 aromatic carbocycles. The highest BCUT2D eigenvalue weighted by molar-refractivity contribution is 7.90. The maximum atomic E-state index is 14.1. The molecule has 1 amide bonds. The second kappa shape index (κ2) is 21.2. The fraction of sp³-hybridized carbons (Fsp3) is 0.467. The third-order valence-electron chi connectivity index (χ3n) is 17.6. The second-order valence-corrected chi connectivity index (χ2v) is 24.8. The van der Waals surface area contributed by atoms with Crippen molar-refractivity contribution in [2.45, 2.75) is 133 Å². The number of fused-ring (bicyclic) bond motifs is 2. The summed E-state index contributed by atoms with van der Waals surface area (Å²) in [6.07, 6.45) is 15.5. The number of rotatable bonds is 15. The van der Waals surface area contributed by atoms with E-state index < -0.39 is 37.0 Å². The lowest BCUT2D eigenvalue weighted by molar-refractivity contribution is -0.384. The molecule has 3 aliphatic carbocycles. The second-order valence-electron chi connectivity index (χ2n) is 23.1. The average molecular weight is 1050 g/mol. The first-order valence-electron chi connectivity index (χ1n) is 27.6. The number of benzene rings is 4. The lowest BCUT2D eigenvalue weighted by Gasteiger charge is -2.58. The van der Waals surface area contributed by atoms with Gasteiger partial charge in [0.2, 0.25) is 0 Å². The number of carbonyl (C=O) groups excluding carboxylic acids is 1. The summed E-state index contributed by atoms with van der Waals surface area (Å²) in [6.45, 7) is 12.7. The molecule has 1 atom stereocenters. The molecule has 2 saturated carbocycles. The van der Waals surface area contributed by atoms with E-state index in [2.05, 4.69) is 91.0 Å². The highest BCUT2D eigenvalue weighted by atomic mass is 32.2. The number of ether oxygens (including phenoxy) is 1. The number of aromatic amines is 1. The molecule has 400 valence electrons. The predicted octanol–water partition coefficient (Wildman–Crippen LogP) is 11.0. The van der Waals surface area contributed by atoms with Crippen molar-refractivity contribution >= 4 is 44.0 Å². The molecule has 1 unspecified atom stereocenters. The number of pyridine rings is 1. The highest BCUT2D eigenvalue weighted by Gasteiger charge is 2.50. The molecule has 0 bridgehead atoms. The minimum Gasteiger partial charge on any atom is -0.455 e. The number of piperidine rings is 1. The van der Waals surface area contributed by atoms with Crippen LogP contribution in [0, 0.1) is 21.4 Å². The Kier molecular flexibility index (Phi) is 14.5. The Morgan fingerprint density at radius 1 is 0.934 bits per heavy atom. The van der Waals surface area contributed by atoms with Crippen LogP contribution < -0.4 is 19.7 Å². The standard InChI is InChI=1S/C60H72N8O7S/c1-40(2)49-12-6-7-14-51(49)55-39-65(38-44-11-8-10-42-9-4-5-13-50(42)44)29-30-67(55)46-34-60(35-46)24-27-66(28-25-60)45-15-17-52(56(32-45)75-47-31-43-21-26-61-57(43)63-37-47)58(69)64-76(73,74)48-16-18-53(54(33-48)68(71)72)62-36-41-19-22-59(3,70)23-20-41/h6-8,10-12,14-18,21,26,31-33,37,40-41,46,55,62,70H,4-5,9,13,19-20,22-25,27-30,34-36,38-39H2,1-3H3,(H,61,63)(H,64,69)/t41-,55?,59-. The van der Waals surface area contributed by atoms with Crippen molar-refractivity contribution in [2.24, 2.45) is 11.3 Å². The summed E-state index contributed by atoms with van der Waals surface area (Å²) < 4.78 is 36.3. The maximum absolute atomic E-state index is 14.1. The van der Waals surface area contributed by atoms with Crippen LogP contribution in [0.1, 0.15) is 135 Å². The fourth-order valence-electron chi connectivity index (χ4n) is 13.2. The van der Waals surface area contributed by atoms with Crippen molar-refractivity contribution in [3.8, 4) is 11.5 Å². The van der Waals surface area contributed by atoms with Crippen LogP contribution in [0.25, 0.3) is 11.0 Å². The summed E-state index contributed by atoms with van der Waals surface area (Å²) >= 11 is 0. The summed E-state index contributed by atoms with van der Waals surface area (Å²) in [5.74, 6) is 0.214. The van der Waals surface area contributed by atoms with Gasteiger partial charge in [0.25, 0.3) is 21.6 Å². The van der Waals surface area contributed by atoms with Gasteiger partial charge in [-0.3, -0.25) is 24.7 Å². The number of carbonyl (C=O) groups is 1. The van der Waals surface area contributed by atoms with Crippen LogP contribution in [0.4, 0.5) is 17.1 Å². The van der Waals surface area contributed by atoms with E-state index in [0.717, 1.165) is 94.9 Å². The van der Waals surface area contributed by atoms with Crippen LogP contribution in [0.15, 0.2) is 108 Å². The molecule has 16 heteroatoms. The molecule has 0 radical (unpaired) electrons. The first kappa shape index (κ1) is 51.8. The van der Waals surface area contributed by atoms with Gasteiger partial charge in [-0.1, -0.05) is 56.3 Å². The van der Waals surface area contributed by atoms with E-state index in [9.17, 15) is 28.4 Å². The molecule has 4 heterocycles. The number of nitro groups is 1. The number of nitrogens with one attached hydrogen (secondary N) is 3. The van der Waals surface area contributed by atoms with Crippen LogP contribution in [-0.4, -0.2) is 95.0 Å². The number of aliphatic hydroxyl groups is 1. The summed E-state index contributed by atoms with van der Waals surface area (Å²) in [5, 5.41) is 26.5. The molecule has 2 aliphatic heterocycles. The minimum atomic E-state index is -4.59. The van der Waals surface area contributed by atoms with Crippen molar-refractivity contribution in [3.05, 3.63) is 147 Å². The van der Waals surface area contributed by atoms with Crippen molar-refractivity contribution in [1.82, 2.24) is 24.5 Å². The smallest absolute Gasteiger partial charge is 0.293 e. The molecule has 76 heavy (non-hydrogen) atoms. The topological polar surface area (TPSA) is 186 Å². The van der Waals surface area contributed by atoms with Crippen molar-refractivity contribution in [1.29, 1.82) is 0 Å². The largest absolute Gasteiger partial charge is 0.455 e. The van der Waals surface area contributed by atoms with Gasteiger partial charge in [0.1, 0.15) is 22.8 Å². The molecular formula is C60H72N8O7S. The zero-order valence-corrected chi connectivity index (χ0v) is 44.9. The third-order valence-corrected chi connectivity index (χ3v) is 19.0. The Balaban J connectivity index is 0.780. The molecular weight excluding hydrogens is 977 g/mol. The zero-order valence-electron chi connectivity index (χ0n) is 44.1. The summed E-state index contributed by atoms with van der Waals surface area (Å²) in [6, 6.07) is 29.4. The van der Waals surface area contributed by atoms with Crippen molar-refractivity contribution in [2.75, 3.05) is 49.5 Å². The molecule has 4 N–H and O–H groups in total. The molecule has 2 saturated heterocycles. The Hall–Kier alpha value is -6.33. The van der Waals surface area contributed by atoms with Gasteiger partial charge in [-0.15, -0.1) is 0 Å². The number of nitrogens with zero attached hydrogens (tertiary/aromatic N) is 5. The SMILES string of the molecule is CC(C)c1ccccc1C1CN(Cc2cccc3c2CCCC3)CCN1C1CC2(CCN(c3ccc(C(=O)NS(=O)(=O)c4ccc(NC[C@H]5CC[C@](C)(O)CC5)c([N+](=O)[O-])c4)c(Oc4cnc5[nH]ccc5c4)c3)CC2)C1. The molecule has 2 aromatic heterocycles. The van der Waals surface area contributed by atoms with Crippen LogP contribution in [0.5, 0.6) is 11.5 Å². The van der Waals surface area contributed by atoms with Gasteiger partial charge in [0, 0.05) is 87.3 Å². The van der Waals surface area contributed by atoms with Gasteiger partial charge >= 0.3 is 0 Å². The van der Waals surface area contributed by atoms with E-state index in [1.807, 2.05) is 19.1 Å². The predicted molar refractivity (Wildman–Crippen MR) is 297 cm³/mol. The number of sulfonamides is 1. The Morgan fingerprint density at radius 3 is 2.51 bits per heavy atom. The monoisotopic (exact) mass is 1050 g/mol. The number of aryl methyl sites for hydroxylation is 1. The number of hydrogen-bond donors (Lipinski definition) is 4. The molecule has 15 nitrogen and oxygen atoms in total. The fourth-order valence-corrected chi connectivity index (χ4v) is 14.2. The number of piperazine rings is 1. The number of anilines is 2. The van der Waals surface area contributed by atoms with Crippen LogP contribution in [0.2, 0.25) is 0 Å². The Bertz CT molecular complexity index is 3220. The van der Waals surface area contributed by atoms with Gasteiger partial charge in [0.05, 0.1) is 27.2 Å². The quantitative estimate of drug-likeness (QED) is 0.0564. The van der Waals surface area contributed by atoms with Crippen molar-refractivity contribution in [3.63, 3.8) is 0 Å². The first-order valence-corrected chi connectivity index (χ1v) is 29.1. The first-order chi connectivity index (χ1) is 36.6. The van der Waals surface area contributed by atoms with Crippen LogP contribution >= 0.6 is 0 Å². The maximum Gasteiger partial charge on any atom is 0.293 e. The molecule has 5 aliphatic rings. The zero-order chi connectivity index (χ0) is 52.8. The van der Waals surface area contributed by atoms with E-state index >= 15 is 0 Å². The highest BCUT2D eigenvalue weighted by Crippen LogP contribution is 2.53. The van der Waals surface area contributed by atoms with E-state index in [1.54, 1.807) is 41.7 Å². The van der Waals surface area contributed by atoms with E-state index in [4.69, 9.17) is 4.74 Å². The van der Waals surface area contributed by atoms with E-state index in [1.165, 1.54) is 54.5 Å². The molecule has 11 rings (SSSR count). The Morgan fingerprint density at radius 2 is 1.72 bits per heavy atom. The van der Waals surface area contributed by atoms with Crippen LogP contribution in [0.3, 0.4) is 0 Å². The number of amides is 1. The number of hydrogen-bond acceptors (Lipinski definition) is 12. The average Bonchev–Trinajstić information content (AvgIpc) is 3.92. The van der Waals surface area contributed by atoms with Gasteiger partial charge in [-0.2, -0.15) is 0 Å². The molecule has 6 aromatic rings. The van der Waals surface area contributed by atoms with Crippen LogP contribution in [-0.2, 0) is 29.4 Å².